The molecular weight excluding hydrogens is 394 g/mol. The lowest BCUT2D eigenvalue weighted by atomic mass is 9.95. The van der Waals surface area contributed by atoms with Crippen LogP contribution in [0.4, 0.5) is 5.69 Å². The van der Waals surface area contributed by atoms with E-state index in [1.807, 2.05) is 36.1 Å². The lowest BCUT2D eigenvalue weighted by Gasteiger charge is -2.31. The summed E-state index contributed by atoms with van der Waals surface area (Å²) in [6.07, 6.45) is 1.20. The van der Waals surface area contributed by atoms with Crippen LogP contribution in [0.2, 0.25) is 0 Å². The third-order valence-electron chi connectivity index (χ3n) is 5.63. The second-order valence-electron chi connectivity index (χ2n) is 7.99. The molecule has 0 spiro atoms. The van der Waals surface area contributed by atoms with E-state index in [0.29, 0.717) is 48.5 Å². The molecule has 3 rings (SSSR count). The molecule has 1 N–H and O–H groups in total. The van der Waals surface area contributed by atoms with Gasteiger partial charge in [-0.3, -0.25) is 14.4 Å². The highest BCUT2D eigenvalue weighted by Gasteiger charge is 2.28. The Morgan fingerprint density at radius 1 is 1.03 bits per heavy atom. The minimum absolute atomic E-state index is 0.0129. The van der Waals surface area contributed by atoms with Crippen LogP contribution in [0.25, 0.3) is 0 Å². The number of benzene rings is 2. The average molecular weight is 424 g/mol. The van der Waals surface area contributed by atoms with E-state index in [2.05, 4.69) is 5.32 Å². The van der Waals surface area contributed by atoms with Gasteiger partial charge >= 0.3 is 0 Å². The fraction of sp³-hybridized carbons (Fsp3) is 0.375. The van der Waals surface area contributed by atoms with Crippen molar-refractivity contribution in [3.05, 3.63) is 59.2 Å². The zero-order chi connectivity index (χ0) is 22.5. The molecule has 1 saturated heterocycles. The van der Waals surface area contributed by atoms with Gasteiger partial charge in [-0.05, 0) is 49.6 Å². The molecule has 0 unspecified atom stereocenters. The molecule has 0 atom stereocenters. The summed E-state index contributed by atoms with van der Waals surface area (Å²) in [6.45, 7) is 3.01. The van der Waals surface area contributed by atoms with Crippen molar-refractivity contribution in [2.45, 2.75) is 19.8 Å². The van der Waals surface area contributed by atoms with Gasteiger partial charge in [0.25, 0.3) is 11.8 Å². The maximum absolute atomic E-state index is 12.8. The molecule has 2 aromatic rings. The lowest BCUT2D eigenvalue weighted by Crippen LogP contribution is -2.41. The maximum Gasteiger partial charge on any atom is 0.257 e. The third kappa shape index (κ3) is 5.05. The SMILES string of the molecule is COc1ccc(NC(=O)C2CCN(C(=O)c3ccccc3C)CC2)cc1C(=O)N(C)C. The van der Waals surface area contributed by atoms with Crippen molar-refractivity contribution in [3.63, 3.8) is 0 Å². The minimum Gasteiger partial charge on any atom is -0.496 e. The van der Waals surface area contributed by atoms with Crippen LogP contribution in [-0.2, 0) is 4.79 Å². The Balaban J connectivity index is 1.63. The first kappa shape index (κ1) is 22.3. The number of piperidine rings is 1. The Bertz CT molecular complexity index is 979. The second kappa shape index (κ2) is 9.64. The number of anilines is 1. The number of nitrogens with one attached hydrogen (secondary N) is 1. The van der Waals surface area contributed by atoms with Gasteiger partial charge in [-0.2, -0.15) is 0 Å². The first-order valence-corrected chi connectivity index (χ1v) is 10.4. The number of likely N-dealkylation sites (tertiary alicyclic amines) is 1. The second-order valence-corrected chi connectivity index (χ2v) is 7.99. The number of amides is 3. The molecule has 0 aromatic heterocycles. The van der Waals surface area contributed by atoms with Gasteiger partial charge in [-0.1, -0.05) is 18.2 Å². The summed E-state index contributed by atoms with van der Waals surface area (Å²) in [4.78, 5) is 41.3. The standard InChI is InChI=1S/C24H29N3O4/c1-16-7-5-6-8-19(16)24(30)27-13-11-17(12-14-27)22(28)25-18-9-10-21(31-4)20(15-18)23(29)26(2)3/h5-10,15,17H,11-14H2,1-4H3,(H,25,28). The highest BCUT2D eigenvalue weighted by atomic mass is 16.5. The van der Waals surface area contributed by atoms with Crippen LogP contribution in [0.1, 0.15) is 39.1 Å². The largest absolute Gasteiger partial charge is 0.496 e. The van der Waals surface area contributed by atoms with Crippen molar-refractivity contribution in [2.24, 2.45) is 5.92 Å². The molecule has 3 amide bonds. The molecule has 0 saturated carbocycles. The summed E-state index contributed by atoms with van der Waals surface area (Å²) < 4.78 is 5.27. The molecule has 7 heteroatoms. The average Bonchev–Trinajstić information content (AvgIpc) is 2.78. The van der Waals surface area contributed by atoms with Crippen molar-refractivity contribution in [3.8, 4) is 5.75 Å². The van der Waals surface area contributed by atoms with E-state index in [4.69, 9.17) is 4.74 Å². The summed E-state index contributed by atoms with van der Waals surface area (Å²) in [5.74, 6) is -0.0120. The first-order valence-electron chi connectivity index (χ1n) is 10.4. The molecule has 1 heterocycles. The number of hydrogen-bond acceptors (Lipinski definition) is 4. The molecule has 164 valence electrons. The van der Waals surface area contributed by atoms with E-state index < -0.39 is 0 Å². The van der Waals surface area contributed by atoms with Crippen molar-refractivity contribution < 1.29 is 19.1 Å². The minimum atomic E-state index is -0.198. The Hall–Kier alpha value is -3.35. The molecule has 0 bridgehead atoms. The zero-order valence-electron chi connectivity index (χ0n) is 18.5. The molecule has 0 aliphatic carbocycles. The van der Waals surface area contributed by atoms with Crippen LogP contribution in [0.5, 0.6) is 5.75 Å². The van der Waals surface area contributed by atoms with Crippen molar-refractivity contribution >= 4 is 23.4 Å². The Labute approximate surface area is 183 Å². The van der Waals surface area contributed by atoms with E-state index in [0.717, 1.165) is 5.56 Å². The van der Waals surface area contributed by atoms with Gasteiger partial charge in [-0.25, -0.2) is 0 Å². The fourth-order valence-corrected chi connectivity index (χ4v) is 3.77. The molecule has 0 radical (unpaired) electrons. The molecule has 31 heavy (non-hydrogen) atoms. The number of methoxy groups -OCH3 is 1. The van der Waals surface area contributed by atoms with Crippen LogP contribution in [0, 0.1) is 12.8 Å². The number of nitrogens with zero attached hydrogens (tertiary/aromatic N) is 2. The van der Waals surface area contributed by atoms with Crippen molar-refractivity contribution in [2.75, 3.05) is 39.6 Å². The highest BCUT2D eigenvalue weighted by Crippen LogP contribution is 2.26. The fourth-order valence-electron chi connectivity index (χ4n) is 3.77. The van der Waals surface area contributed by atoms with Crippen molar-refractivity contribution in [1.29, 1.82) is 0 Å². The van der Waals surface area contributed by atoms with E-state index in [-0.39, 0.29) is 23.6 Å². The van der Waals surface area contributed by atoms with Gasteiger partial charge in [0, 0.05) is 44.4 Å². The molecule has 1 aliphatic heterocycles. The molecule has 1 aliphatic rings. The smallest absolute Gasteiger partial charge is 0.257 e. The van der Waals surface area contributed by atoms with E-state index in [9.17, 15) is 14.4 Å². The number of aryl methyl sites for hydroxylation is 1. The van der Waals surface area contributed by atoms with Crippen LogP contribution >= 0.6 is 0 Å². The van der Waals surface area contributed by atoms with Gasteiger partial charge in [0.2, 0.25) is 5.91 Å². The predicted octanol–water partition coefficient (Wildman–Crippen LogP) is 3.20. The number of rotatable bonds is 5. The summed E-state index contributed by atoms with van der Waals surface area (Å²) in [6, 6.07) is 12.6. The Morgan fingerprint density at radius 3 is 2.32 bits per heavy atom. The monoisotopic (exact) mass is 423 g/mol. The summed E-state index contributed by atoms with van der Waals surface area (Å²) >= 11 is 0. The van der Waals surface area contributed by atoms with Crippen LogP contribution in [0.15, 0.2) is 42.5 Å². The first-order chi connectivity index (χ1) is 14.8. The number of carbonyl (C=O) groups excluding carboxylic acids is 3. The van der Waals surface area contributed by atoms with Gasteiger partial charge in [0.15, 0.2) is 0 Å². The molecule has 7 nitrogen and oxygen atoms in total. The van der Waals surface area contributed by atoms with Gasteiger partial charge in [0.1, 0.15) is 5.75 Å². The van der Waals surface area contributed by atoms with Gasteiger partial charge in [-0.15, -0.1) is 0 Å². The van der Waals surface area contributed by atoms with Crippen LogP contribution in [-0.4, -0.2) is 61.8 Å². The summed E-state index contributed by atoms with van der Waals surface area (Å²) in [7, 11) is 4.84. The van der Waals surface area contributed by atoms with Crippen LogP contribution < -0.4 is 10.1 Å². The predicted molar refractivity (Wildman–Crippen MR) is 119 cm³/mol. The maximum atomic E-state index is 12.8. The summed E-state index contributed by atoms with van der Waals surface area (Å²) in [5, 5.41) is 2.91. The molecule has 2 aromatic carbocycles. The van der Waals surface area contributed by atoms with Crippen LogP contribution in [0.3, 0.4) is 0 Å². The van der Waals surface area contributed by atoms with Gasteiger partial charge in [0.05, 0.1) is 12.7 Å². The van der Waals surface area contributed by atoms with E-state index in [1.54, 1.807) is 32.3 Å². The normalized spacial score (nSPS) is 14.1. The topological polar surface area (TPSA) is 79.0 Å². The zero-order valence-corrected chi connectivity index (χ0v) is 18.5. The Morgan fingerprint density at radius 2 is 1.71 bits per heavy atom. The number of ether oxygens (including phenoxy) is 1. The quantitative estimate of drug-likeness (QED) is 0.801. The van der Waals surface area contributed by atoms with Crippen molar-refractivity contribution in [1.82, 2.24) is 9.80 Å². The number of hydrogen-bond donors (Lipinski definition) is 1. The summed E-state index contributed by atoms with van der Waals surface area (Å²) in [5.41, 5.74) is 2.61. The van der Waals surface area contributed by atoms with E-state index >= 15 is 0 Å². The number of carbonyl (C=O) groups is 3. The molecule has 1 fully saturated rings. The van der Waals surface area contributed by atoms with E-state index in [1.165, 1.54) is 12.0 Å². The Kier molecular flexibility index (Phi) is 6.95. The highest BCUT2D eigenvalue weighted by molar-refractivity contribution is 6.00. The lowest BCUT2D eigenvalue weighted by molar-refractivity contribution is -0.121. The molecular formula is C24H29N3O4. The third-order valence-corrected chi connectivity index (χ3v) is 5.63. The van der Waals surface area contributed by atoms with Gasteiger partial charge < -0.3 is 19.9 Å².